The van der Waals surface area contributed by atoms with Crippen LogP contribution in [0.4, 0.5) is 18.9 Å². The Morgan fingerprint density at radius 2 is 1.61 bits per heavy atom. The van der Waals surface area contributed by atoms with E-state index in [0.29, 0.717) is 5.02 Å². The van der Waals surface area contributed by atoms with Crippen LogP contribution >= 0.6 is 23.2 Å². The summed E-state index contributed by atoms with van der Waals surface area (Å²) >= 11 is 11.9. The average Bonchev–Trinajstić information content (AvgIpc) is 2.77. The van der Waals surface area contributed by atoms with Gasteiger partial charge in [0.25, 0.3) is 0 Å². The van der Waals surface area contributed by atoms with Gasteiger partial charge >= 0.3 is 21.5 Å². The molecule has 0 bridgehead atoms. The summed E-state index contributed by atoms with van der Waals surface area (Å²) in [4.78, 5) is 17.6. The summed E-state index contributed by atoms with van der Waals surface area (Å²) in [5, 5.41) is 4.65. The van der Waals surface area contributed by atoms with Crippen LogP contribution in [0.3, 0.4) is 0 Å². The fourth-order valence-electron chi connectivity index (χ4n) is 2.75. The zero-order chi connectivity index (χ0) is 27.3. The summed E-state index contributed by atoms with van der Waals surface area (Å²) in [7, 11) is -5.97. The minimum atomic E-state index is -5.97. The largest absolute Gasteiger partial charge is 0.516 e. The van der Waals surface area contributed by atoms with Gasteiger partial charge in [-0.3, -0.25) is 4.79 Å². The molecule has 0 spiro atoms. The standard InChI is InChI=1S/C23H25Cl2F3N2O5S/c1-5-19(29-35-13-15-6-8-16(24)9-7-15)18-12-17(25)10-11-20(18)30(36(32,33)23(26,27)28)14-34-21(31)22(2,3)4/h6-12H,5,13-14H2,1-4H3. The van der Waals surface area contributed by atoms with Crippen molar-refractivity contribution in [3.05, 3.63) is 63.6 Å². The molecular formula is C23H25Cl2F3N2O5S. The third-order valence-electron chi connectivity index (χ3n) is 4.70. The molecule has 0 aliphatic carbocycles. The highest BCUT2D eigenvalue weighted by molar-refractivity contribution is 7.93. The molecule has 0 heterocycles. The molecule has 198 valence electrons. The van der Waals surface area contributed by atoms with E-state index in [4.69, 9.17) is 32.8 Å². The first kappa shape index (κ1) is 29.7. The number of oxime groups is 1. The van der Waals surface area contributed by atoms with Crippen LogP contribution < -0.4 is 4.31 Å². The van der Waals surface area contributed by atoms with E-state index < -0.39 is 39.3 Å². The Bertz CT molecular complexity index is 1210. The van der Waals surface area contributed by atoms with Crippen molar-refractivity contribution in [1.29, 1.82) is 0 Å². The molecule has 36 heavy (non-hydrogen) atoms. The molecule has 0 saturated heterocycles. The number of hydrogen-bond acceptors (Lipinski definition) is 6. The lowest BCUT2D eigenvalue weighted by Crippen LogP contribution is -2.44. The number of anilines is 1. The van der Waals surface area contributed by atoms with Crippen LogP contribution in [0.25, 0.3) is 0 Å². The molecule has 0 saturated carbocycles. The molecule has 2 aromatic carbocycles. The number of ether oxygens (including phenoxy) is 1. The van der Waals surface area contributed by atoms with Crippen molar-refractivity contribution in [2.24, 2.45) is 10.6 Å². The number of sulfonamides is 1. The summed E-state index contributed by atoms with van der Waals surface area (Å²) in [6, 6.07) is 10.3. The number of hydrogen-bond donors (Lipinski definition) is 0. The van der Waals surface area contributed by atoms with E-state index in [2.05, 4.69) is 5.16 Å². The van der Waals surface area contributed by atoms with Crippen LogP contribution in [0.5, 0.6) is 0 Å². The molecule has 0 atom stereocenters. The van der Waals surface area contributed by atoms with Crippen molar-refractivity contribution in [2.45, 2.75) is 46.2 Å². The molecule has 0 unspecified atom stereocenters. The van der Waals surface area contributed by atoms with Crippen LogP contribution in [0.2, 0.25) is 10.0 Å². The van der Waals surface area contributed by atoms with Crippen LogP contribution in [-0.2, 0) is 31.0 Å². The minimum absolute atomic E-state index is 0.0182. The fourth-order valence-corrected chi connectivity index (χ4v) is 3.91. The maximum atomic E-state index is 13.6. The third kappa shape index (κ3) is 7.50. The lowest BCUT2D eigenvalue weighted by atomic mass is 9.98. The van der Waals surface area contributed by atoms with Gasteiger partial charge < -0.3 is 9.57 Å². The second-order valence-electron chi connectivity index (χ2n) is 8.56. The molecule has 7 nitrogen and oxygen atoms in total. The third-order valence-corrected chi connectivity index (χ3v) is 6.65. The molecule has 0 aromatic heterocycles. The van der Waals surface area contributed by atoms with Crippen molar-refractivity contribution < 1.29 is 36.0 Å². The smallest absolute Gasteiger partial charge is 0.443 e. The number of nitrogens with zero attached hydrogens (tertiary/aromatic N) is 2. The Morgan fingerprint density at radius 1 is 1.03 bits per heavy atom. The first-order valence-electron chi connectivity index (χ1n) is 10.6. The molecule has 0 aliphatic rings. The highest BCUT2D eigenvalue weighted by atomic mass is 35.5. The number of rotatable bonds is 9. The summed E-state index contributed by atoms with van der Waals surface area (Å²) < 4.78 is 70.6. The normalized spacial score (nSPS) is 12.9. The number of esters is 1. The lowest BCUT2D eigenvalue weighted by molar-refractivity contribution is -0.152. The van der Waals surface area contributed by atoms with Crippen molar-refractivity contribution in [1.82, 2.24) is 0 Å². The SMILES string of the molecule is CCC(=NOCc1ccc(Cl)cc1)c1cc(Cl)ccc1N(COC(=O)C(C)(C)C)S(=O)(=O)C(F)(F)F. The number of carbonyl (C=O) groups excluding carboxylic acids is 1. The van der Waals surface area contributed by atoms with E-state index in [1.165, 1.54) is 32.9 Å². The molecule has 2 aromatic rings. The van der Waals surface area contributed by atoms with Crippen LogP contribution in [0.15, 0.2) is 47.6 Å². The van der Waals surface area contributed by atoms with Gasteiger partial charge in [0.15, 0.2) is 6.73 Å². The van der Waals surface area contributed by atoms with E-state index in [0.717, 1.165) is 11.6 Å². The van der Waals surface area contributed by atoms with Gasteiger partial charge in [-0.05, 0) is 63.1 Å². The summed E-state index contributed by atoms with van der Waals surface area (Å²) in [6.45, 7) is 4.89. The van der Waals surface area contributed by atoms with E-state index in [9.17, 15) is 26.4 Å². The zero-order valence-electron chi connectivity index (χ0n) is 19.9. The number of alkyl halides is 3. The highest BCUT2D eigenvalue weighted by Crippen LogP contribution is 2.35. The predicted octanol–water partition coefficient (Wildman–Crippen LogP) is 6.53. The van der Waals surface area contributed by atoms with E-state index in [-0.39, 0.29) is 33.6 Å². The Balaban J connectivity index is 2.52. The molecule has 0 aliphatic heterocycles. The van der Waals surface area contributed by atoms with E-state index in [1.807, 2.05) is 0 Å². The van der Waals surface area contributed by atoms with E-state index >= 15 is 0 Å². The number of benzene rings is 2. The number of carbonyl (C=O) groups is 1. The van der Waals surface area contributed by atoms with Gasteiger partial charge in [-0.2, -0.15) is 21.6 Å². The molecule has 0 N–H and O–H groups in total. The predicted molar refractivity (Wildman–Crippen MR) is 132 cm³/mol. The second kappa shape index (κ2) is 11.7. The Morgan fingerprint density at radius 3 is 2.14 bits per heavy atom. The van der Waals surface area contributed by atoms with Gasteiger partial charge in [0.05, 0.1) is 16.8 Å². The monoisotopic (exact) mass is 568 g/mol. The zero-order valence-corrected chi connectivity index (χ0v) is 22.2. The van der Waals surface area contributed by atoms with Gasteiger partial charge in [0.2, 0.25) is 0 Å². The van der Waals surface area contributed by atoms with Crippen LogP contribution in [-0.4, -0.2) is 32.3 Å². The molecule has 0 radical (unpaired) electrons. The van der Waals surface area contributed by atoms with Crippen LogP contribution in [0, 0.1) is 5.41 Å². The number of halogens is 5. The molecule has 0 amide bonds. The fraction of sp³-hybridized carbons (Fsp3) is 0.391. The molecular weight excluding hydrogens is 544 g/mol. The topological polar surface area (TPSA) is 85.3 Å². The van der Waals surface area contributed by atoms with Gasteiger partial charge in [0.1, 0.15) is 6.61 Å². The van der Waals surface area contributed by atoms with Crippen molar-refractivity contribution in [3.8, 4) is 0 Å². The van der Waals surface area contributed by atoms with Crippen LogP contribution in [0.1, 0.15) is 45.2 Å². The van der Waals surface area contributed by atoms with Gasteiger partial charge in [0, 0.05) is 15.6 Å². The first-order valence-corrected chi connectivity index (χ1v) is 12.8. The second-order valence-corrected chi connectivity index (χ2v) is 11.3. The summed E-state index contributed by atoms with van der Waals surface area (Å²) in [5.41, 5.74) is -6.39. The van der Waals surface area contributed by atoms with Gasteiger partial charge in [-0.1, -0.05) is 47.4 Å². The average molecular weight is 569 g/mol. The van der Waals surface area contributed by atoms with E-state index in [1.54, 1.807) is 31.2 Å². The maximum absolute atomic E-state index is 13.6. The Labute approximate surface area is 217 Å². The van der Waals surface area contributed by atoms with Crippen molar-refractivity contribution >= 4 is 50.6 Å². The van der Waals surface area contributed by atoms with Gasteiger partial charge in [-0.25, -0.2) is 4.31 Å². The lowest BCUT2D eigenvalue weighted by Gasteiger charge is -2.28. The maximum Gasteiger partial charge on any atom is 0.516 e. The van der Waals surface area contributed by atoms with Gasteiger partial charge in [-0.15, -0.1) is 0 Å². The first-order chi connectivity index (χ1) is 16.6. The molecule has 13 heteroatoms. The summed E-state index contributed by atoms with van der Waals surface area (Å²) in [6.07, 6.45) is 0.148. The highest BCUT2D eigenvalue weighted by Gasteiger charge is 2.51. The minimum Gasteiger partial charge on any atom is -0.443 e. The Kier molecular flexibility index (Phi) is 9.66. The van der Waals surface area contributed by atoms with Crippen molar-refractivity contribution in [2.75, 3.05) is 11.0 Å². The van der Waals surface area contributed by atoms with Crippen molar-refractivity contribution in [3.63, 3.8) is 0 Å². The molecule has 2 rings (SSSR count). The molecule has 0 fully saturated rings. The quantitative estimate of drug-likeness (QED) is 0.149. The summed E-state index contributed by atoms with van der Waals surface area (Å²) in [5.74, 6) is -0.893. The Hall–Kier alpha value is -2.50.